The summed E-state index contributed by atoms with van der Waals surface area (Å²) in [4.78, 5) is 11.0. The van der Waals surface area contributed by atoms with Gasteiger partial charge in [0.15, 0.2) is 5.78 Å². The van der Waals surface area contributed by atoms with Gasteiger partial charge in [-0.15, -0.1) is 0 Å². The Kier molecular flexibility index (Phi) is 2.05. The number of carbonyl (C=O) groups is 1. The standard InChI is InChI=1S/C9H12O/c1-7-3-4-8(2)6-9(10)5-7/h5-6H,3-4H2,1-2H3. The molecule has 0 radical (unpaired) electrons. The zero-order valence-electron chi connectivity index (χ0n) is 6.48. The van der Waals surface area contributed by atoms with Gasteiger partial charge < -0.3 is 0 Å². The van der Waals surface area contributed by atoms with E-state index in [2.05, 4.69) is 0 Å². The van der Waals surface area contributed by atoms with E-state index in [-0.39, 0.29) is 5.78 Å². The van der Waals surface area contributed by atoms with Gasteiger partial charge in [-0.2, -0.15) is 0 Å². The van der Waals surface area contributed by atoms with Crippen LogP contribution in [0.5, 0.6) is 0 Å². The third kappa shape index (κ3) is 1.83. The lowest BCUT2D eigenvalue weighted by atomic mass is 10.1. The summed E-state index contributed by atoms with van der Waals surface area (Å²) >= 11 is 0. The highest BCUT2D eigenvalue weighted by molar-refractivity contribution is 6.00. The summed E-state index contributed by atoms with van der Waals surface area (Å²) in [7, 11) is 0. The third-order valence-electron chi connectivity index (χ3n) is 1.69. The molecule has 0 N–H and O–H groups in total. The summed E-state index contributed by atoms with van der Waals surface area (Å²) in [6.07, 6.45) is 5.51. The van der Waals surface area contributed by atoms with Gasteiger partial charge in [0.1, 0.15) is 0 Å². The van der Waals surface area contributed by atoms with E-state index in [0.717, 1.165) is 12.8 Å². The second-order valence-electron chi connectivity index (χ2n) is 2.88. The summed E-state index contributed by atoms with van der Waals surface area (Å²) < 4.78 is 0. The van der Waals surface area contributed by atoms with Gasteiger partial charge in [0.25, 0.3) is 0 Å². The van der Waals surface area contributed by atoms with E-state index in [1.54, 1.807) is 12.2 Å². The van der Waals surface area contributed by atoms with Crippen LogP contribution in [-0.2, 0) is 4.79 Å². The molecule has 0 saturated heterocycles. The van der Waals surface area contributed by atoms with Crippen molar-refractivity contribution in [2.24, 2.45) is 0 Å². The molecule has 1 nitrogen and oxygen atoms in total. The number of rotatable bonds is 0. The van der Waals surface area contributed by atoms with Crippen molar-refractivity contribution in [2.45, 2.75) is 26.7 Å². The molecule has 0 heterocycles. The Labute approximate surface area is 61.4 Å². The maximum absolute atomic E-state index is 11.0. The summed E-state index contributed by atoms with van der Waals surface area (Å²) in [6, 6.07) is 0. The highest BCUT2D eigenvalue weighted by Crippen LogP contribution is 2.14. The van der Waals surface area contributed by atoms with Crippen LogP contribution in [-0.4, -0.2) is 5.78 Å². The third-order valence-corrected chi connectivity index (χ3v) is 1.69. The van der Waals surface area contributed by atoms with Crippen molar-refractivity contribution in [2.75, 3.05) is 0 Å². The smallest absolute Gasteiger partial charge is 0.178 e. The monoisotopic (exact) mass is 136 g/mol. The molecule has 0 atom stereocenters. The Morgan fingerprint density at radius 3 is 1.90 bits per heavy atom. The van der Waals surface area contributed by atoms with Gasteiger partial charge in [-0.3, -0.25) is 4.79 Å². The minimum absolute atomic E-state index is 0.146. The molecule has 1 heteroatoms. The molecule has 1 rings (SSSR count). The van der Waals surface area contributed by atoms with E-state index in [4.69, 9.17) is 0 Å². The van der Waals surface area contributed by atoms with Crippen molar-refractivity contribution in [1.82, 2.24) is 0 Å². The van der Waals surface area contributed by atoms with Crippen LogP contribution in [0.2, 0.25) is 0 Å². The number of carbonyl (C=O) groups excluding carboxylic acids is 1. The van der Waals surface area contributed by atoms with Gasteiger partial charge in [0.05, 0.1) is 0 Å². The molecule has 0 fully saturated rings. The van der Waals surface area contributed by atoms with Crippen LogP contribution in [0, 0.1) is 0 Å². The lowest BCUT2D eigenvalue weighted by Crippen LogP contribution is -1.84. The van der Waals surface area contributed by atoms with Crippen LogP contribution in [0.4, 0.5) is 0 Å². The molecule has 0 aromatic heterocycles. The van der Waals surface area contributed by atoms with Crippen LogP contribution >= 0.6 is 0 Å². The molecule has 0 aliphatic heterocycles. The first-order valence-electron chi connectivity index (χ1n) is 3.57. The summed E-state index contributed by atoms with van der Waals surface area (Å²) in [5.74, 6) is 0.146. The largest absolute Gasteiger partial charge is 0.290 e. The average Bonchev–Trinajstić information content (AvgIpc) is 1.93. The fourth-order valence-corrected chi connectivity index (χ4v) is 1.07. The first-order chi connectivity index (χ1) is 4.68. The molecule has 1 aliphatic rings. The van der Waals surface area contributed by atoms with Crippen LogP contribution in [0.3, 0.4) is 0 Å². The molecule has 0 aromatic rings. The van der Waals surface area contributed by atoms with E-state index in [1.165, 1.54) is 11.1 Å². The van der Waals surface area contributed by atoms with Crippen LogP contribution in [0.15, 0.2) is 23.3 Å². The molecule has 0 unspecified atom stereocenters. The number of hydrogen-bond acceptors (Lipinski definition) is 1. The molecule has 1 aliphatic carbocycles. The lowest BCUT2D eigenvalue weighted by molar-refractivity contribution is -0.110. The highest BCUT2D eigenvalue weighted by Gasteiger charge is 2.02. The molecule has 0 aromatic carbocycles. The van der Waals surface area contributed by atoms with Gasteiger partial charge in [-0.25, -0.2) is 0 Å². The van der Waals surface area contributed by atoms with E-state index in [9.17, 15) is 4.79 Å². The molecule has 0 spiro atoms. The van der Waals surface area contributed by atoms with Crippen molar-refractivity contribution in [1.29, 1.82) is 0 Å². The van der Waals surface area contributed by atoms with Crippen LogP contribution < -0.4 is 0 Å². The fraction of sp³-hybridized carbons (Fsp3) is 0.444. The summed E-state index contributed by atoms with van der Waals surface area (Å²) in [5, 5.41) is 0. The van der Waals surface area contributed by atoms with Crippen molar-refractivity contribution < 1.29 is 4.79 Å². The Morgan fingerprint density at radius 2 is 1.50 bits per heavy atom. The molecule has 10 heavy (non-hydrogen) atoms. The van der Waals surface area contributed by atoms with Crippen molar-refractivity contribution in [3.63, 3.8) is 0 Å². The minimum Gasteiger partial charge on any atom is -0.290 e. The van der Waals surface area contributed by atoms with E-state index >= 15 is 0 Å². The second kappa shape index (κ2) is 2.82. The summed E-state index contributed by atoms with van der Waals surface area (Å²) in [6.45, 7) is 4.01. The SMILES string of the molecule is CC1=CC(=O)C=C(C)CC1. The maximum Gasteiger partial charge on any atom is 0.178 e. The second-order valence-corrected chi connectivity index (χ2v) is 2.88. The topological polar surface area (TPSA) is 17.1 Å². The van der Waals surface area contributed by atoms with Gasteiger partial charge >= 0.3 is 0 Å². The maximum atomic E-state index is 11.0. The first-order valence-corrected chi connectivity index (χ1v) is 3.57. The van der Waals surface area contributed by atoms with Crippen molar-refractivity contribution >= 4 is 5.78 Å². The Balaban J connectivity index is 2.80. The quantitative estimate of drug-likeness (QED) is 0.499. The zero-order valence-corrected chi connectivity index (χ0v) is 6.48. The number of ketones is 1. The minimum atomic E-state index is 0.146. The predicted octanol–water partition coefficient (Wildman–Crippen LogP) is 2.24. The van der Waals surface area contributed by atoms with Gasteiger partial charge in [0.2, 0.25) is 0 Å². The Morgan fingerprint density at radius 1 is 1.10 bits per heavy atom. The lowest BCUT2D eigenvalue weighted by Gasteiger charge is -1.94. The average molecular weight is 136 g/mol. The molecule has 0 bridgehead atoms. The van der Waals surface area contributed by atoms with E-state index < -0.39 is 0 Å². The molecule has 54 valence electrons. The summed E-state index contributed by atoms with van der Waals surface area (Å²) in [5.41, 5.74) is 2.39. The van der Waals surface area contributed by atoms with Gasteiger partial charge in [-0.05, 0) is 38.8 Å². The predicted molar refractivity (Wildman–Crippen MR) is 41.8 cm³/mol. The van der Waals surface area contributed by atoms with Crippen LogP contribution in [0.25, 0.3) is 0 Å². The molecule has 0 saturated carbocycles. The Hall–Kier alpha value is -0.850. The number of allylic oxidation sites excluding steroid dienone is 4. The molecular formula is C9H12O. The number of hydrogen-bond donors (Lipinski definition) is 0. The van der Waals surface area contributed by atoms with Gasteiger partial charge in [0, 0.05) is 0 Å². The van der Waals surface area contributed by atoms with Crippen LogP contribution in [0.1, 0.15) is 26.7 Å². The molecule has 0 amide bonds. The van der Waals surface area contributed by atoms with E-state index in [1.807, 2.05) is 13.8 Å². The normalized spacial score (nSPS) is 19.6. The van der Waals surface area contributed by atoms with Gasteiger partial charge in [-0.1, -0.05) is 11.1 Å². The van der Waals surface area contributed by atoms with Crippen molar-refractivity contribution in [3.8, 4) is 0 Å². The fourth-order valence-electron chi connectivity index (χ4n) is 1.07. The Bertz CT molecular complexity index is 187. The van der Waals surface area contributed by atoms with E-state index in [0.29, 0.717) is 0 Å². The highest BCUT2D eigenvalue weighted by atomic mass is 16.1. The van der Waals surface area contributed by atoms with Crippen molar-refractivity contribution in [3.05, 3.63) is 23.3 Å². The molecular weight excluding hydrogens is 124 g/mol. The zero-order chi connectivity index (χ0) is 7.56. The first kappa shape index (κ1) is 7.26.